The van der Waals surface area contributed by atoms with Gasteiger partial charge in [0.2, 0.25) is 6.71 Å². The van der Waals surface area contributed by atoms with Crippen LogP contribution in [-0.4, -0.2) is 25.6 Å². The summed E-state index contributed by atoms with van der Waals surface area (Å²) in [5.74, 6) is 4.75. The Bertz CT molecular complexity index is 4340. The molecule has 0 bridgehead atoms. The average molecular weight is 1140 g/mol. The van der Waals surface area contributed by atoms with Crippen molar-refractivity contribution in [1.82, 2.24) is 5.32 Å². The van der Waals surface area contributed by atoms with E-state index in [1.807, 2.05) is 0 Å². The van der Waals surface area contributed by atoms with Gasteiger partial charge in [0, 0.05) is 74.7 Å². The molecule has 3 atom stereocenters. The first-order valence-corrected chi connectivity index (χ1v) is 31.6. The summed E-state index contributed by atoms with van der Waals surface area (Å²) >= 11 is 0. The van der Waals surface area contributed by atoms with Crippen molar-refractivity contribution in [1.29, 1.82) is 0 Å². The van der Waals surface area contributed by atoms with Gasteiger partial charge < -0.3 is 34.4 Å². The Labute approximate surface area is 517 Å². The first kappa shape index (κ1) is 52.3. The molecular weight excluding hydrogens is 1070 g/mol. The fraction of sp³-hybridized carbons (Fsp3) is 0.154. The molecule has 0 radical (unpaired) electrons. The molecular formula is C78H66B2N6O2. The Morgan fingerprint density at radius 2 is 1.15 bits per heavy atom. The van der Waals surface area contributed by atoms with Gasteiger partial charge in [-0.15, -0.1) is 0 Å². The van der Waals surface area contributed by atoms with Crippen molar-refractivity contribution in [3.8, 4) is 17.2 Å². The molecule has 88 heavy (non-hydrogen) atoms. The molecule has 9 aromatic carbocycles. The zero-order chi connectivity index (χ0) is 58.3. The minimum absolute atomic E-state index is 0.0351. The summed E-state index contributed by atoms with van der Waals surface area (Å²) in [6.07, 6.45) is 21.8. The van der Waals surface area contributed by atoms with Crippen LogP contribution in [0, 0.1) is 0 Å². The zero-order valence-corrected chi connectivity index (χ0v) is 49.4. The maximum Gasteiger partial charge on any atom is 0.253 e. The molecule has 0 spiro atoms. The van der Waals surface area contributed by atoms with E-state index in [1.165, 1.54) is 38.7 Å². The Morgan fingerprint density at radius 1 is 0.534 bits per heavy atom. The Morgan fingerprint density at radius 3 is 1.82 bits per heavy atom. The number of anilines is 10. The summed E-state index contributed by atoms with van der Waals surface area (Å²) < 4.78 is 15.0. The number of nitrogens with zero attached hydrogens (tertiary/aromatic N) is 5. The lowest BCUT2D eigenvalue weighted by Crippen LogP contribution is -2.70. The normalized spacial score (nSPS) is 19.9. The quantitative estimate of drug-likeness (QED) is 0.102. The summed E-state index contributed by atoms with van der Waals surface area (Å²) in [4.78, 5) is 12.6. The second-order valence-corrected chi connectivity index (χ2v) is 24.8. The molecule has 3 unspecified atom stereocenters. The largest absolute Gasteiger partial charge is 0.459 e. The SMILES string of the molecule is CC12CC3=C(NC1N(c1ccccc1)c1cc(N(c4ccccc4)C4C=CCCC4)cc4c1B2C1=C(C=C(N(C2=CCCC=C2)c2ccccc2)CC1)O4)N(c1ccccc1)c1cc(N(c2ccccc2)c2ccccc2)cc2c1B3c1ccccc1O2. The molecule has 0 amide bonds. The average Bonchev–Trinajstić information content (AvgIpc) is 0.709. The van der Waals surface area contributed by atoms with Crippen LogP contribution in [0.3, 0.4) is 0 Å². The van der Waals surface area contributed by atoms with E-state index in [9.17, 15) is 0 Å². The molecule has 1 N–H and O–H groups in total. The van der Waals surface area contributed by atoms with E-state index in [2.05, 4.69) is 304 Å². The van der Waals surface area contributed by atoms with Crippen LogP contribution in [0.4, 0.5) is 56.9 Å². The van der Waals surface area contributed by atoms with Gasteiger partial charge in [0.1, 0.15) is 35.0 Å². The highest BCUT2D eigenvalue weighted by atomic mass is 16.5. The fourth-order valence-corrected chi connectivity index (χ4v) is 15.9. The van der Waals surface area contributed by atoms with Crippen molar-refractivity contribution in [3.63, 3.8) is 0 Å². The molecule has 8 aliphatic rings. The van der Waals surface area contributed by atoms with Gasteiger partial charge in [0.15, 0.2) is 0 Å². The van der Waals surface area contributed by atoms with Crippen LogP contribution in [0.5, 0.6) is 17.2 Å². The van der Waals surface area contributed by atoms with Gasteiger partial charge in [-0.3, -0.25) is 4.90 Å². The molecule has 9 aromatic rings. The van der Waals surface area contributed by atoms with Crippen LogP contribution >= 0.6 is 0 Å². The maximum absolute atomic E-state index is 7.75. The molecule has 17 rings (SSSR count). The first-order chi connectivity index (χ1) is 43.5. The molecule has 0 saturated carbocycles. The molecule has 426 valence electrons. The van der Waals surface area contributed by atoms with Gasteiger partial charge in [-0.25, -0.2) is 0 Å². The molecule has 3 aliphatic carbocycles. The maximum atomic E-state index is 7.75. The van der Waals surface area contributed by atoms with E-state index < -0.39 is 5.31 Å². The summed E-state index contributed by atoms with van der Waals surface area (Å²) in [7, 11) is 0. The number of nitrogens with one attached hydrogen (secondary N) is 1. The number of fused-ring (bicyclic) bond motifs is 6. The minimum atomic E-state index is -0.461. The lowest BCUT2D eigenvalue weighted by Gasteiger charge is -2.60. The van der Waals surface area contributed by atoms with Gasteiger partial charge >= 0.3 is 0 Å². The van der Waals surface area contributed by atoms with Crippen molar-refractivity contribution >= 4 is 86.7 Å². The van der Waals surface area contributed by atoms with E-state index in [1.54, 1.807) is 0 Å². The molecule has 0 aromatic heterocycles. The van der Waals surface area contributed by atoms with Gasteiger partial charge in [-0.05, 0) is 182 Å². The molecule has 10 heteroatoms. The third-order valence-corrected chi connectivity index (χ3v) is 19.6. The number of ether oxygens (including phenoxy) is 2. The summed E-state index contributed by atoms with van der Waals surface area (Å²) in [6, 6.07) is 84.1. The first-order valence-electron chi connectivity index (χ1n) is 31.6. The fourth-order valence-electron chi connectivity index (χ4n) is 15.9. The highest BCUT2D eigenvalue weighted by molar-refractivity contribution is 6.94. The molecule has 0 saturated heterocycles. The summed E-state index contributed by atoms with van der Waals surface area (Å²) in [6.45, 7) is 2.44. The van der Waals surface area contributed by atoms with Crippen LogP contribution in [-0.2, 0) is 0 Å². The Hall–Kier alpha value is -10.1. The smallest absolute Gasteiger partial charge is 0.253 e. The highest BCUT2D eigenvalue weighted by Gasteiger charge is 2.62. The summed E-state index contributed by atoms with van der Waals surface area (Å²) in [5.41, 5.74) is 19.8. The number of hydrogen-bond donors (Lipinski definition) is 1. The van der Waals surface area contributed by atoms with E-state index in [4.69, 9.17) is 9.47 Å². The van der Waals surface area contributed by atoms with Crippen molar-refractivity contribution < 1.29 is 9.47 Å². The number of allylic oxidation sites excluding steroid dienone is 8. The van der Waals surface area contributed by atoms with Gasteiger partial charge in [0.05, 0.1) is 11.7 Å². The standard InChI is InChI=1S/C78H66B2N6O2/c1-78-53-67-76(85(60-40-22-8-23-41-60)68-48-63(51-72-74(68)79(67)65-44-26-27-45-70(65)87-72)83(56-32-14-4-15-33-56)57-34-16-5-17-35-57)81-77(78)86(61-42-24-9-25-43-61)69-49-64(84(58-36-18-6-19-37-58)59-38-20-7-21-39-59)52-73-75(69)80(78)66-47-46-62(50-71(66)88-73)82(54-28-10-2-11-29-54)55-30-12-3-13-31-55/h2,4-6,8-12,14-20,22-38,40-45,48-52,59,77,81H,3,7,13,21,39,46-47,53H2,1H3. The molecule has 5 heterocycles. The third-order valence-electron chi connectivity index (χ3n) is 19.6. The zero-order valence-electron chi connectivity index (χ0n) is 49.4. The van der Waals surface area contributed by atoms with Crippen molar-refractivity contribution in [2.75, 3.05) is 24.5 Å². The number of para-hydroxylation sites is 7. The van der Waals surface area contributed by atoms with Gasteiger partial charge in [-0.1, -0.05) is 164 Å². The van der Waals surface area contributed by atoms with Crippen LogP contribution in [0.25, 0.3) is 0 Å². The number of hydrogen-bond acceptors (Lipinski definition) is 8. The van der Waals surface area contributed by atoms with E-state index in [0.717, 1.165) is 137 Å². The van der Waals surface area contributed by atoms with Crippen LogP contribution in [0.15, 0.2) is 301 Å². The Kier molecular flexibility index (Phi) is 12.7. The number of benzene rings is 9. The lowest BCUT2D eigenvalue weighted by molar-refractivity contribution is 0.377. The highest BCUT2D eigenvalue weighted by Crippen LogP contribution is 2.60. The van der Waals surface area contributed by atoms with E-state index in [-0.39, 0.29) is 25.6 Å². The monoisotopic (exact) mass is 1140 g/mol. The second kappa shape index (κ2) is 21.4. The van der Waals surface area contributed by atoms with E-state index >= 15 is 0 Å². The lowest BCUT2D eigenvalue weighted by atomic mass is 9.20. The van der Waals surface area contributed by atoms with Gasteiger partial charge in [-0.2, -0.15) is 0 Å². The minimum Gasteiger partial charge on any atom is -0.459 e. The van der Waals surface area contributed by atoms with Gasteiger partial charge in [0.25, 0.3) is 6.71 Å². The van der Waals surface area contributed by atoms with Crippen molar-refractivity contribution in [3.05, 3.63) is 301 Å². The summed E-state index contributed by atoms with van der Waals surface area (Å²) in [5, 5.41) is 4.16. The second-order valence-electron chi connectivity index (χ2n) is 24.8. The molecule has 5 aliphatic heterocycles. The van der Waals surface area contributed by atoms with Crippen molar-refractivity contribution in [2.24, 2.45) is 0 Å². The van der Waals surface area contributed by atoms with E-state index in [0.29, 0.717) is 0 Å². The molecule has 8 nitrogen and oxygen atoms in total. The van der Waals surface area contributed by atoms with Crippen LogP contribution in [0.2, 0.25) is 5.31 Å². The van der Waals surface area contributed by atoms with Crippen LogP contribution in [0.1, 0.15) is 58.3 Å². The molecule has 0 fully saturated rings. The van der Waals surface area contributed by atoms with Crippen molar-refractivity contribution in [2.45, 2.75) is 75.8 Å². The number of rotatable bonds is 11. The predicted octanol–water partition coefficient (Wildman–Crippen LogP) is 17.3. The third kappa shape index (κ3) is 8.58. The topological polar surface area (TPSA) is 46.7 Å². The van der Waals surface area contributed by atoms with Crippen LogP contribution < -0.4 is 55.7 Å². The Balaban J connectivity index is 0.919. The predicted molar refractivity (Wildman–Crippen MR) is 364 cm³/mol.